The summed E-state index contributed by atoms with van der Waals surface area (Å²) in [5, 5.41) is 2.95. The summed E-state index contributed by atoms with van der Waals surface area (Å²) in [6.45, 7) is 0. The zero-order valence-electron chi connectivity index (χ0n) is 24.7. The predicted molar refractivity (Wildman–Crippen MR) is 246 cm³/mol. The van der Waals surface area contributed by atoms with Crippen LogP contribution in [-0.4, -0.2) is 29.9 Å². The summed E-state index contributed by atoms with van der Waals surface area (Å²) < 4.78 is 9.43. The van der Waals surface area contributed by atoms with Gasteiger partial charge in [-0.2, -0.15) is 0 Å². The number of hydrogen-bond acceptors (Lipinski definition) is 6. The third kappa shape index (κ3) is 6.42. The summed E-state index contributed by atoms with van der Waals surface area (Å²) >= 11 is 44.7. The largest absolute Gasteiger partial charge is 2.00 e. The van der Waals surface area contributed by atoms with Gasteiger partial charge in [0.2, 0.25) is 0 Å². The number of halogens is 12. The van der Waals surface area contributed by atoms with E-state index >= 15 is 0 Å². The molecule has 2 aliphatic heterocycles. The van der Waals surface area contributed by atoms with Crippen LogP contribution in [0.5, 0.6) is 0 Å². The Morgan fingerprint density at radius 1 is 0.340 bits per heavy atom. The molecule has 0 N–H and O–H groups in total. The fraction of sp³-hybridized carbons (Fsp3) is 0. The molecule has 21 heteroatoms. The van der Waals surface area contributed by atoms with Crippen molar-refractivity contribution in [3.63, 3.8) is 0 Å². The van der Waals surface area contributed by atoms with Crippen LogP contribution in [-0.2, 0) is 17.1 Å². The third-order valence-corrected chi connectivity index (χ3v) is 21.4. The molecule has 0 aliphatic carbocycles. The monoisotopic (exact) mass is 1510 g/mol. The topological polar surface area (TPSA) is 106 Å². The van der Waals surface area contributed by atoms with E-state index in [2.05, 4.69) is 191 Å². The van der Waals surface area contributed by atoms with E-state index in [9.17, 15) is 0 Å². The molecule has 0 spiro atoms. The van der Waals surface area contributed by atoms with Gasteiger partial charge in [-0.3, -0.25) is 0 Å². The van der Waals surface area contributed by atoms with Crippen molar-refractivity contribution in [3.05, 3.63) is 77.9 Å². The minimum absolute atomic E-state index is 0. The summed E-state index contributed by atoms with van der Waals surface area (Å²) in [5.74, 6) is 1.63. The average molecular weight is 1520 g/mol. The van der Waals surface area contributed by atoms with Gasteiger partial charge in [-0.05, 0) is 226 Å². The van der Waals surface area contributed by atoms with Crippen molar-refractivity contribution in [2.75, 3.05) is 0 Å². The predicted octanol–water partition coefficient (Wildman–Crippen LogP) is 15.3. The molecular formula is C32H4Br12CuN8. The molecule has 4 aromatic carbocycles. The van der Waals surface area contributed by atoms with Crippen LogP contribution in [0.3, 0.4) is 0 Å². The molecule has 0 atom stereocenters. The molecule has 8 bridgehead atoms. The number of aromatic nitrogens is 8. The van der Waals surface area contributed by atoms with Gasteiger partial charge in [-0.25, -0.2) is 9.97 Å². The van der Waals surface area contributed by atoms with Crippen LogP contribution in [0.15, 0.2) is 77.9 Å². The van der Waals surface area contributed by atoms with Crippen LogP contribution in [0, 0.1) is 0 Å². The minimum atomic E-state index is 0. The Morgan fingerprint density at radius 2 is 0.660 bits per heavy atom. The van der Waals surface area contributed by atoms with Crippen LogP contribution in [0.2, 0.25) is 0 Å². The van der Waals surface area contributed by atoms with E-state index in [1.807, 2.05) is 24.3 Å². The molecule has 0 amide bonds. The van der Waals surface area contributed by atoms with E-state index in [1.54, 1.807) is 0 Å². The summed E-state index contributed by atoms with van der Waals surface area (Å²) in [6.07, 6.45) is 0. The molecule has 7 aromatic rings. The number of rotatable bonds is 0. The molecule has 0 saturated carbocycles. The standard InChI is InChI=1S/C32H4Br12N8.Cu/c33-9-1-5-13(21(41)17(9)37)29-45-25(5)49-30-14-6(2-10(34)18(38)22(14)42)27(46-30)51-32-16-8(4-12(36)20(40)24(16)44)28(48-32)52-31-15-7(26(47-31)50-29)3-11(35)19(39)23(15)43;/h1-4H;/q-2;+2. The second-order valence-corrected chi connectivity index (χ2v) is 20.9. The van der Waals surface area contributed by atoms with Gasteiger partial charge in [0.15, 0.2) is 0 Å². The van der Waals surface area contributed by atoms with Gasteiger partial charge in [0, 0.05) is 109 Å². The van der Waals surface area contributed by atoms with Crippen LogP contribution in [0.25, 0.3) is 89.7 Å². The first-order valence-corrected chi connectivity index (χ1v) is 23.7. The van der Waals surface area contributed by atoms with E-state index in [4.69, 9.17) is 39.9 Å². The molecule has 1 radical (unpaired) electrons. The quantitative estimate of drug-likeness (QED) is 0.109. The van der Waals surface area contributed by atoms with Gasteiger partial charge < -0.3 is 29.9 Å². The van der Waals surface area contributed by atoms with Crippen LogP contribution in [0.1, 0.15) is 0 Å². The Kier molecular flexibility index (Phi) is 11.4. The number of benzene rings is 4. The molecule has 267 valence electrons. The Balaban J connectivity index is 0.00000400. The average Bonchev–Trinajstić information content (AvgIpc) is 3.82. The smallest absolute Gasteiger partial charge is 0.357 e. The first kappa shape index (κ1) is 40.3. The van der Waals surface area contributed by atoms with Crippen LogP contribution >= 0.6 is 191 Å². The van der Waals surface area contributed by atoms with Gasteiger partial charge in [0.1, 0.15) is 0 Å². The maximum absolute atomic E-state index is 5.11. The van der Waals surface area contributed by atoms with Crippen molar-refractivity contribution in [2.45, 2.75) is 0 Å². The van der Waals surface area contributed by atoms with Crippen molar-refractivity contribution in [3.8, 4) is 45.6 Å². The molecule has 3 aromatic heterocycles. The molecule has 9 rings (SSSR count). The summed E-state index contributed by atoms with van der Waals surface area (Å²) in [5.41, 5.74) is 4.59. The van der Waals surface area contributed by atoms with Crippen molar-refractivity contribution in [2.24, 2.45) is 0 Å². The first-order chi connectivity index (χ1) is 24.7. The van der Waals surface area contributed by atoms with Crippen molar-refractivity contribution in [1.29, 1.82) is 0 Å². The normalized spacial score (nSPS) is 12.0. The molecule has 5 heterocycles. The molecule has 8 nitrogen and oxygen atoms in total. The summed E-state index contributed by atoms with van der Waals surface area (Å²) in [6, 6.07) is 7.82. The van der Waals surface area contributed by atoms with Gasteiger partial charge >= 0.3 is 17.1 Å². The van der Waals surface area contributed by atoms with Crippen LogP contribution < -0.4 is 9.97 Å². The molecule has 0 saturated heterocycles. The summed E-state index contributed by atoms with van der Waals surface area (Å²) in [4.78, 5) is 40.5. The molecule has 2 aliphatic rings. The van der Waals surface area contributed by atoms with Crippen LogP contribution in [0.4, 0.5) is 0 Å². The zero-order chi connectivity index (χ0) is 36.7. The molecule has 0 fully saturated rings. The Hall–Kier alpha value is 0.519. The zero-order valence-corrected chi connectivity index (χ0v) is 44.7. The molecule has 53 heavy (non-hydrogen) atoms. The van der Waals surface area contributed by atoms with Crippen molar-refractivity contribution < 1.29 is 17.1 Å². The second-order valence-electron chi connectivity index (χ2n) is 11.1. The van der Waals surface area contributed by atoms with E-state index in [-0.39, 0.29) is 17.1 Å². The van der Waals surface area contributed by atoms with E-state index in [1.165, 1.54) is 0 Å². The first-order valence-electron chi connectivity index (χ1n) is 14.2. The minimum Gasteiger partial charge on any atom is -0.357 e. The maximum atomic E-state index is 5.11. The molecule has 0 unspecified atom stereocenters. The Bertz CT molecular complexity index is 2820. The van der Waals surface area contributed by atoms with Crippen molar-refractivity contribution in [1.82, 2.24) is 39.9 Å². The molecular weight excluding hydrogens is 1520 g/mol. The van der Waals surface area contributed by atoms with Gasteiger partial charge in [0.25, 0.3) is 0 Å². The van der Waals surface area contributed by atoms with E-state index in [0.717, 1.165) is 97.5 Å². The fourth-order valence-electron chi connectivity index (χ4n) is 5.89. The number of hydrogen-bond donors (Lipinski definition) is 0. The Morgan fingerprint density at radius 3 is 1.04 bits per heavy atom. The van der Waals surface area contributed by atoms with Gasteiger partial charge in [-0.1, -0.05) is 0 Å². The Labute approximate surface area is 409 Å². The maximum Gasteiger partial charge on any atom is 2.00 e. The number of nitrogens with zero attached hydrogens (tertiary/aromatic N) is 8. The summed E-state index contributed by atoms with van der Waals surface area (Å²) in [7, 11) is 0. The number of fused-ring (bicyclic) bond motifs is 20. The van der Waals surface area contributed by atoms with E-state index < -0.39 is 0 Å². The van der Waals surface area contributed by atoms with E-state index in [0.29, 0.717) is 45.9 Å². The fourth-order valence-corrected chi connectivity index (χ4v) is 12.3. The van der Waals surface area contributed by atoms with Gasteiger partial charge in [0.05, 0.1) is 23.3 Å². The SMILES string of the molecule is Brc1cc2c(c(Br)c1Br)-c1nc-2nc2[n-]c(nc3nc(nc4[n-]c(n1)c1cc(Br)c(Br)c(Br)c41)-c1cc(Br)c(Br)c(Br)c1-3)c1cc(Br)c(Br)c(Br)c21.[Cu+2]. The third-order valence-electron chi connectivity index (χ3n) is 8.20. The second kappa shape index (κ2) is 15.0. The van der Waals surface area contributed by atoms with Crippen molar-refractivity contribution >= 4 is 235 Å². The van der Waals surface area contributed by atoms with Gasteiger partial charge in [-0.15, -0.1) is 0 Å².